The second-order valence-electron chi connectivity index (χ2n) is 6.05. The highest BCUT2D eigenvalue weighted by Gasteiger charge is 2.23. The molecule has 0 saturated heterocycles. The van der Waals surface area contributed by atoms with Crippen molar-refractivity contribution in [3.8, 4) is 0 Å². The molecule has 2 N–H and O–H groups in total. The molecule has 0 aliphatic heterocycles. The van der Waals surface area contributed by atoms with Crippen molar-refractivity contribution in [2.45, 2.75) is 53.6 Å². The molecule has 0 bridgehead atoms. The minimum atomic E-state index is -0.0307. The fourth-order valence-corrected chi connectivity index (χ4v) is 1.41. The van der Waals surface area contributed by atoms with Gasteiger partial charge in [-0.1, -0.05) is 20.8 Å². The molecule has 0 aromatic carbocycles. The van der Waals surface area contributed by atoms with Crippen molar-refractivity contribution in [3.05, 3.63) is 0 Å². The highest BCUT2D eigenvalue weighted by Crippen LogP contribution is 2.28. The van der Waals surface area contributed by atoms with Crippen LogP contribution in [0.15, 0.2) is 0 Å². The summed E-state index contributed by atoms with van der Waals surface area (Å²) in [5, 5.41) is 0. The largest absolute Gasteiger partial charge is 0.376 e. The fraction of sp³-hybridized carbons (Fsp3) is 1.00. The summed E-state index contributed by atoms with van der Waals surface area (Å²) in [5.74, 6) is 0.546. The van der Waals surface area contributed by atoms with Gasteiger partial charge in [0.15, 0.2) is 0 Å². The van der Waals surface area contributed by atoms with Crippen LogP contribution in [0.4, 0.5) is 0 Å². The molecule has 0 spiro atoms. The van der Waals surface area contributed by atoms with Crippen LogP contribution in [0.2, 0.25) is 0 Å². The summed E-state index contributed by atoms with van der Waals surface area (Å²) < 4.78 is 5.70. The van der Waals surface area contributed by atoms with E-state index in [1.54, 1.807) is 0 Å². The van der Waals surface area contributed by atoms with E-state index in [1.165, 1.54) is 0 Å². The molecular weight excluding hydrogens is 174 g/mol. The Bertz CT molecular complexity index is 153. The lowest BCUT2D eigenvalue weighted by atomic mass is 9.79. The third-order valence-corrected chi connectivity index (χ3v) is 2.51. The Balaban J connectivity index is 3.87. The zero-order valence-electron chi connectivity index (χ0n) is 10.7. The first-order valence-electron chi connectivity index (χ1n) is 5.51. The van der Waals surface area contributed by atoms with Gasteiger partial charge in [-0.2, -0.15) is 0 Å². The van der Waals surface area contributed by atoms with Crippen molar-refractivity contribution in [1.29, 1.82) is 0 Å². The summed E-state index contributed by atoms with van der Waals surface area (Å²) in [6, 6.07) is 0. The maximum Gasteiger partial charge on any atom is 0.0598 e. The minimum absolute atomic E-state index is 0.0307. The van der Waals surface area contributed by atoms with Crippen LogP contribution in [-0.2, 0) is 4.74 Å². The van der Waals surface area contributed by atoms with E-state index in [9.17, 15) is 0 Å². The van der Waals surface area contributed by atoms with Gasteiger partial charge in [-0.15, -0.1) is 0 Å². The van der Waals surface area contributed by atoms with Gasteiger partial charge < -0.3 is 10.5 Å². The molecule has 0 aliphatic carbocycles. The zero-order chi connectivity index (χ0) is 11.4. The fourth-order valence-electron chi connectivity index (χ4n) is 1.41. The van der Waals surface area contributed by atoms with Gasteiger partial charge in [0.2, 0.25) is 0 Å². The van der Waals surface area contributed by atoms with Gasteiger partial charge in [0.1, 0.15) is 0 Å². The van der Waals surface area contributed by atoms with Crippen LogP contribution in [0.1, 0.15) is 48.0 Å². The molecule has 0 fully saturated rings. The molecule has 86 valence electrons. The average Bonchev–Trinajstić information content (AvgIpc) is 1.93. The van der Waals surface area contributed by atoms with Gasteiger partial charge in [0.25, 0.3) is 0 Å². The number of nitrogens with two attached hydrogens (primary N) is 1. The zero-order valence-corrected chi connectivity index (χ0v) is 10.7. The van der Waals surface area contributed by atoms with E-state index in [1.807, 2.05) is 0 Å². The SMILES string of the molecule is CC(C)(C)OCCC(CN)C(C)(C)C. The molecule has 0 heterocycles. The average molecular weight is 201 g/mol. The molecule has 2 heteroatoms. The van der Waals surface area contributed by atoms with E-state index in [2.05, 4.69) is 41.5 Å². The number of hydrogen-bond acceptors (Lipinski definition) is 2. The maximum absolute atomic E-state index is 5.75. The normalized spacial score (nSPS) is 15.6. The van der Waals surface area contributed by atoms with Gasteiger partial charge >= 0.3 is 0 Å². The Labute approximate surface area is 89.2 Å². The van der Waals surface area contributed by atoms with Gasteiger partial charge in [-0.3, -0.25) is 0 Å². The van der Waals surface area contributed by atoms with Gasteiger partial charge in [-0.05, 0) is 45.1 Å². The lowest BCUT2D eigenvalue weighted by molar-refractivity contribution is -0.0149. The van der Waals surface area contributed by atoms with Gasteiger partial charge in [0, 0.05) is 6.61 Å². The molecule has 0 radical (unpaired) electrons. The van der Waals surface area contributed by atoms with E-state index in [0.29, 0.717) is 5.92 Å². The third-order valence-electron chi connectivity index (χ3n) is 2.51. The molecule has 0 amide bonds. The molecule has 0 aromatic rings. The maximum atomic E-state index is 5.75. The summed E-state index contributed by atoms with van der Waals surface area (Å²) in [5.41, 5.74) is 6.01. The van der Waals surface area contributed by atoms with Crippen LogP contribution in [-0.4, -0.2) is 18.8 Å². The first-order chi connectivity index (χ1) is 6.17. The van der Waals surface area contributed by atoms with Gasteiger partial charge in [0.05, 0.1) is 5.60 Å². The molecular formula is C12H27NO. The second-order valence-corrected chi connectivity index (χ2v) is 6.05. The van der Waals surface area contributed by atoms with Crippen molar-refractivity contribution in [2.75, 3.05) is 13.2 Å². The molecule has 1 atom stereocenters. The topological polar surface area (TPSA) is 35.2 Å². The number of hydrogen-bond donors (Lipinski definition) is 1. The van der Waals surface area contributed by atoms with Crippen molar-refractivity contribution in [3.63, 3.8) is 0 Å². The van der Waals surface area contributed by atoms with Crippen LogP contribution >= 0.6 is 0 Å². The Kier molecular flexibility index (Phi) is 5.10. The van der Waals surface area contributed by atoms with Crippen LogP contribution in [0.25, 0.3) is 0 Å². The molecule has 0 saturated carbocycles. The molecule has 0 aliphatic rings. The van der Waals surface area contributed by atoms with Crippen LogP contribution < -0.4 is 5.73 Å². The molecule has 14 heavy (non-hydrogen) atoms. The van der Waals surface area contributed by atoms with Crippen molar-refractivity contribution < 1.29 is 4.74 Å². The molecule has 2 nitrogen and oxygen atoms in total. The highest BCUT2D eigenvalue weighted by atomic mass is 16.5. The van der Waals surface area contributed by atoms with E-state index in [-0.39, 0.29) is 11.0 Å². The standard InChI is InChI=1S/C12H27NO/c1-11(2,3)10(9-13)7-8-14-12(4,5)6/h10H,7-9,13H2,1-6H3. The van der Waals surface area contributed by atoms with Gasteiger partial charge in [-0.25, -0.2) is 0 Å². The summed E-state index contributed by atoms with van der Waals surface area (Å²) in [6.07, 6.45) is 1.05. The summed E-state index contributed by atoms with van der Waals surface area (Å²) in [7, 11) is 0. The first kappa shape index (κ1) is 13.9. The smallest absolute Gasteiger partial charge is 0.0598 e. The van der Waals surface area contributed by atoms with Crippen molar-refractivity contribution in [2.24, 2.45) is 17.1 Å². The van der Waals surface area contributed by atoms with E-state index >= 15 is 0 Å². The number of rotatable bonds is 4. The van der Waals surface area contributed by atoms with Crippen LogP contribution in [0, 0.1) is 11.3 Å². The molecule has 1 unspecified atom stereocenters. The minimum Gasteiger partial charge on any atom is -0.376 e. The van der Waals surface area contributed by atoms with Crippen LogP contribution in [0.5, 0.6) is 0 Å². The van der Waals surface area contributed by atoms with Crippen LogP contribution in [0.3, 0.4) is 0 Å². The first-order valence-corrected chi connectivity index (χ1v) is 5.51. The highest BCUT2D eigenvalue weighted by molar-refractivity contribution is 4.74. The monoisotopic (exact) mass is 201 g/mol. The number of ether oxygens (including phenoxy) is 1. The lowest BCUT2D eigenvalue weighted by Crippen LogP contribution is -2.30. The summed E-state index contributed by atoms with van der Waals surface area (Å²) in [4.78, 5) is 0. The molecule has 0 rings (SSSR count). The Morgan fingerprint density at radius 2 is 1.57 bits per heavy atom. The second kappa shape index (κ2) is 5.13. The van der Waals surface area contributed by atoms with E-state index < -0.39 is 0 Å². The van der Waals surface area contributed by atoms with Crippen molar-refractivity contribution in [1.82, 2.24) is 0 Å². The van der Waals surface area contributed by atoms with Crippen molar-refractivity contribution >= 4 is 0 Å². The quantitative estimate of drug-likeness (QED) is 0.759. The Morgan fingerprint density at radius 1 is 1.07 bits per heavy atom. The predicted molar refractivity (Wildman–Crippen MR) is 62.3 cm³/mol. The lowest BCUT2D eigenvalue weighted by Gasteiger charge is -2.30. The third kappa shape index (κ3) is 6.39. The predicted octanol–water partition coefficient (Wildman–Crippen LogP) is 2.81. The summed E-state index contributed by atoms with van der Waals surface area (Å²) >= 11 is 0. The molecule has 0 aromatic heterocycles. The van der Waals surface area contributed by atoms with E-state index in [4.69, 9.17) is 10.5 Å². The summed E-state index contributed by atoms with van der Waals surface area (Å²) in [6.45, 7) is 14.5. The van der Waals surface area contributed by atoms with E-state index in [0.717, 1.165) is 19.6 Å². The Hall–Kier alpha value is -0.0800. The Morgan fingerprint density at radius 3 is 1.86 bits per heavy atom.